The number of hydrogen-bond donors (Lipinski definition) is 2. The summed E-state index contributed by atoms with van der Waals surface area (Å²) in [5.41, 5.74) is 6.36. The molecule has 80 valence electrons. The normalized spacial score (nSPS) is 11.5. The highest BCUT2D eigenvalue weighted by Gasteiger charge is 2.16. The van der Waals surface area contributed by atoms with E-state index in [-0.39, 0.29) is 4.99 Å². The maximum atomic E-state index is 11.1. The lowest BCUT2D eigenvalue weighted by Gasteiger charge is -2.16. The number of amides is 1. The van der Waals surface area contributed by atoms with Crippen molar-refractivity contribution in [3.05, 3.63) is 35.9 Å². The molecule has 0 heterocycles. The van der Waals surface area contributed by atoms with Crippen LogP contribution in [-0.2, 0) is 4.74 Å². The van der Waals surface area contributed by atoms with Crippen molar-refractivity contribution < 1.29 is 9.53 Å². The molecular weight excluding hydrogens is 212 g/mol. The molecule has 1 aromatic rings. The van der Waals surface area contributed by atoms with Crippen molar-refractivity contribution in [2.45, 2.75) is 6.04 Å². The van der Waals surface area contributed by atoms with Crippen LogP contribution in [0, 0.1) is 0 Å². The van der Waals surface area contributed by atoms with Crippen LogP contribution in [-0.4, -0.2) is 18.2 Å². The topological polar surface area (TPSA) is 64.3 Å². The third kappa shape index (κ3) is 3.21. The molecule has 0 aliphatic carbocycles. The van der Waals surface area contributed by atoms with Crippen LogP contribution in [0.3, 0.4) is 0 Å². The fourth-order valence-electron chi connectivity index (χ4n) is 1.14. The molecule has 0 saturated heterocycles. The van der Waals surface area contributed by atoms with Gasteiger partial charge in [0.25, 0.3) is 0 Å². The monoisotopic (exact) mass is 224 g/mol. The third-order valence-electron chi connectivity index (χ3n) is 1.87. The SMILES string of the molecule is COC(=O)NC(C(N)=S)c1ccccc1. The Kier molecular flexibility index (Phi) is 4.05. The lowest BCUT2D eigenvalue weighted by atomic mass is 10.1. The van der Waals surface area contributed by atoms with Crippen LogP contribution >= 0.6 is 12.2 Å². The number of benzene rings is 1. The summed E-state index contributed by atoms with van der Waals surface area (Å²) < 4.78 is 4.49. The number of nitrogens with one attached hydrogen (secondary N) is 1. The van der Waals surface area contributed by atoms with Gasteiger partial charge in [-0.2, -0.15) is 0 Å². The number of rotatable bonds is 3. The largest absolute Gasteiger partial charge is 0.453 e. The summed E-state index contributed by atoms with van der Waals surface area (Å²) in [6, 6.07) is 8.74. The van der Waals surface area contributed by atoms with Gasteiger partial charge >= 0.3 is 6.09 Å². The summed E-state index contributed by atoms with van der Waals surface area (Å²) in [7, 11) is 1.29. The number of hydrogen-bond acceptors (Lipinski definition) is 3. The molecule has 1 amide bonds. The molecule has 0 radical (unpaired) electrons. The zero-order valence-electron chi connectivity index (χ0n) is 8.27. The predicted octanol–water partition coefficient (Wildman–Crippen LogP) is 1.37. The standard InChI is InChI=1S/C10H12N2O2S/c1-14-10(13)12-8(9(11)15)7-5-3-2-4-6-7/h2-6,8H,1H3,(H2,11,15)(H,12,13). The first kappa shape index (κ1) is 11.5. The molecule has 0 aliphatic heterocycles. The molecule has 3 N–H and O–H groups in total. The molecule has 0 saturated carbocycles. The van der Waals surface area contributed by atoms with E-state index in [1.807, 2.05) is 30.3 Å². The first-order valence-electron chi connectivity index (χ1n) is 4.34. The number of thiocarbonyl (C=S) groups is 1. The van der Waals surface area contributed by atoms with Gasteiger partial charge in [0.05, 0.1) is 7.11 Å². The van der Waals surface area contributed by atoms with Gasteiger partial charge in [0.15, 0.2) is 0 Å². The summed E-state index contributed by atoms with van der Waals surface area (Å²) in [5, 5.41) is 2.56. The maximum absolute atomic E-state index is 11.1. The smallest absolute Gasteiger partial charge is 0.407 e. The molecule has 0 fully saturated rings. The minimum absolute atomic E-state index is 0.201. The predicted molar refractivity (Wildman–Crippen MR) is 61.5 cm³/mol. The highest BCUT2D eigenvalue weighted by atomic mass is 32.1. The molecule has 1 unspecified atom stereocenters. The lowest BCUT2D eigenvalue weighted by molar-refractivity contribution is 0.169. The van der Waals surface area contributed by atoms with Crippen LogP contribution in [0.5, 0.6) is 0 Å². The fourth-order valence-corrected chi connectivity index (χ4v) is 1.34. The van der Waals surface area contributed by atoms with E-state index in [0.29, 0.717) is 0 Å². The third-order valence-corrected chi connectivity index (χ3v) is 2.10. The van der Waals surface area contributed by atoms with E-state index >= 15 is 0 Å². The average Bonchev–Trinajstić information content (AvgIpc) is 2.26. The van der Waals surface area contributed by atoms with Crippen LogP contribution in [0.2, 0.25) is 0 Å². The van der Waals surface area contributed by atoms with Gasteiger partial charge < -0.3 is 15.8 Å². The van der Waals surface area contributed by atoms with E-state index in [1.165, 1.54) is 7.11 Å². The van der Waals surface area contributed by atoms with Gasteiger partial charge in [-0.15, -0.1) is 0 Å². The van der Waals surface area contributed by atoms with Crippen molar-refractivity contribution in [2.24, 2.45) is 5.73 Å². The number of carbonyl (C=O) groups is 1. The minimum atomic E-state index is -0.559. The average molecular weight is 224 g/mol. The van der Waals surface area contributed by atoms with Crippen molar-refractivity contribution in [3.8, 4) is 0 Å². The van der Waals surface area contributed by atoms with Gasteiger partial charge in [-0.05, 0) is 5.56 Å². The zero-order chi connectivity index (χ0) is 11.3. The summed E-state index contributed by atoms with van der Waals surface area (Å²) in [6.07, 6.45) is -0.559. The van der Waals surface area contributed by atoms with Gasteiger partial charge in [-0.1, -0.05) is 42.5 Å². The molecular formula is C10H12N2O2S. The quantitative estimate of drug-likeness (QED) is 0.761. The highest BCUT2D eigenvalue weighted by molar-refractivity contribution is 7.80. The summed E-state index contributed by atoms with van der Waals surface area (Å²) in [5.74, 6) is 0. The van der Waals surface area contributed by atoms with Crippen molar-refractivity contribution in [1.82, 2.24) is 5.32 Å². The van der Waals surface area contributed by atoms with E-state index in [9.17, 15) is 4.79 Å². The van der Waals surface area contributed by atoms with E-state index in [2.05, 4.69) is 10.1 Å². The van der Waals surface area contributed by atoms with Gasteiger partial charge in [-0.25, -0.2) is 4.79 Å². The van der Waals surface area contributed by atoms with Crippen LogP contribution in [0.25, 0.3) is 0 Å². The summed E-state index contributed by atoms with van der Waals surface area (Å²) in [4.78, 5) is 11.3. The lowest BCUT2D eigenvalue weighted by Crippen LogP contribution is -2.36. The van der Waals surface area contributed by atoms with E-state index in [4.69, 9.17) is 18.0 Å². The molecule has 0 aromatic heterocycles. The molecule has 4 nitrogen and oxygen atoms in total. The van der Waals surface area contributed by atoms with Crippen molar-refractivity contribution >= 4 is 23.3 Å². The second-order valence-corrected chi connectivity index (χ2v) is 3.35. The maximum Gasteiger partial charge on any atom is 0.407 e. The number of ether oxygens (including phenoxy) is 1. The first-order valence-corrected chi connectivity index (χ1v) is 4.74. The minimum Gasteiger partial charge on any atom is -0.453 e. The van der Waals surface area contributed by atoms with Crippen LogP contribution < -0.4 is 11.1 Å². The molecule has 5 heteroatoms. The Bertz CT molecular complexity index is 354. The van der Waals surface area contributed by atoms with Crippen molar-refractivity contribution in [2.75, 3.05) is 7.11 Å². The van der Waals surface area contributed by atoms with Gasteiger partial charge in [0.1, 0.15) is 11.0 Å². The van der Waals surface area contributed by atoms with Gasteiger partial charge in [-0.3, -0.25) is 0 Å². The molecule has 1 rings (SSSR count). The Morgan fingerprint density at radius 2 is 2.07 bits per heavy atom. The Balaban J connectivity index is 2.84. The second-order valence-electron chi connectivity index (χ2n) is 2.88. The molecule has 1 aromatic carbocycles. The number of nitrogens with two attached hydrogens (primary N) is 1. The molecule has 15 heavy (non-hydrogen) atoms. The highest BCUT2D eigenvalue weighted by Crippen LogP contribution is 2.12. The Morgan fingerprint density at radius 3 is 2.53 bits per heavy atom. The number of methoxy groups -OCH3 is 1. The first-order chi connectivity index (χ1) is 7.15. The van der Waals surface area contributed by atoms with E-state index in [1.54, 1.807) is 0 Å². The van der Waals surface area contributed by atoms with Crippen LogP contribution in [0.15, 0.2) is 30.3 Å². The fraction of sp³-hybridized carbons (Fsp3) is 0.200. The number of alkyl carbamates (subject to hydrolysis) is 1. The second kappa shape index (κ2) is 5.31. The molecule has 0 spiro atoms. The van der Waals surface area contributed by atoms with Crippen LogP contribution in [0.4, 0.5) is 4.79 Å². The molecule has 0 aliphatic rings. The Labute approximate surface area is 93.4 Å². The molecule has 1 atom stereocenters. The Hall–Kier alpha value is -1.62. The summed E-state index contributed by atoms with van der Waals surface area (Å²) in [6.45, 7) is 0. The van der Waals surface area contributed by atoms with Crippen molar-refractivity contribution in [1.29, 1.82) is 0 Å². The van der Waals surface area contributed by atoms with Gasteiger partial charge in [0, 0.05) is 0 Å². The van der Waals surface area contributed by atoms with Gasteiger partial charge in [0.2, 0.25) is 0 Å². The van der Waals surface area contributed by atoms with Crippen molar-refractivity contribution in [3.63, 3.8) is 0 Å². The zero-order valence-corrected chi connectivity index (χ0v) is 9.08. The Morgan fingerprint density at radius 1 is 1.47 bits per heavy atom. The molecule has 0 bridgehead atoms. The van der Waals surface area contributed by atoms with E-state index < -0.39 is 12.1 Å². The number of carbonyl (C=O) groups excluding carboxylic acids is 1. The van der Waals surface area contributed by atoms with E-state index in [0.717, 1.165) is 5.56 Å². The summed E-state index contributed by atoms with van der Waals surface area (Å²) >= 11 is 4.87. The van der Waals surface area contributed by atoms with Crippen LogP contribution in [0.1, 0.15) is 11.6 Å².